The molecule has 0 bridgehead atoms. The van der Waals surface area contributed by atoms with Crippen molar-refractivity contribution in [1.29, 1.82) is 0 Å². The molecule has 0 fully saturated rings. The van der Waals surface area contributed by atoms with Crippen LogP contribution in [0.4, 0.5) is 5.69 Å². The summed E-state index contributed by atoms with van der Waals surface area (Å²) >= 11 is 1.35. The lowest BCUT2D eigenvalue weighted by Gasteiger charge is -2.20. The molecule has 1 N–H and O–H groups in total. The molecule has 0 aliphatic carbocycles. The lowest BCUT2D eigenvalue weighted by molar-refractivity contribution is -0.133. The molecule has 0 radical (unpaired) electrons. The van der Waals surface area contributed by atoms with E-state index >= 15 is 0 Å². The minimum Gasteiger partial charge on any atom is -0.452 e. The number of likely N-dealkylation sites (N-methyl/N-ethyl adjacent to an activating group) is 1. The molecule has 7 heteroatoms. The second-order valence-electron chi connectivity index (χ2n) is 5.95. The van der Waals surface area contributed by atoms with Crippen LogP contribution >= 0.6 is 11.3 Å². The fraction of sp³-hybridized carbons (Fsp3) is 0.250. The van der Waals surface area contributed by atoms with Crippen LogP contribution in [0.3, 0.4) is 0 Å². The molecule has 142 valence electrons. The lowest BCUT2D eigenvalue weighted by atomic mass is 10.2. The maximum Gasteiger partial charge on any atom is 0.338 e. The molecule has 2 aromatic rings. The number of ether oxygens (including phenoxy) is 1. The number of esters is 1. The zero-order chi connectivity index (χ0) is 19.8. The topological polar surface area (TPSA) is 75.7 Å². The summed E-state index contributed by atoms with van der Waals surface area (Å²) < 4.78 is 5.09. The predicted molar refractivity (Wildman–Crippen MR) is 106 cm³/mol. The van der Waals surface area contributed by atoms with Crippen LogP contribution in [-0.2, 0) is 9.53 Å². The largest absolute Gasteiger partial charge is 0.452 e. The number of benzene rings is 1. The van der Waals surface area contributed by atoms with Crippen molar-refractivity contribution in [2.75, 3.05) is 25.0 Å². The van der Waals surface area contributed by atoms with E-state index in [1.807, 2.05) is 19.2 Å². The van der Waals surface area contributed by atoms with Crippen LogP contribution in [0, 0.1) is 0 Å². The van der Waals surface area contributed by atoms with Gasteiger partial charge >= 0.3 is 5.97 Å². The van der Waals surface area contributed by atoms with E-state index in [-0.39, 0.29) is 18.4 Å². The van der Waals surface area contributed by atoms with Crippen molar-refractivity contribution >= 4 is 34.8 Å². The molecular formula is C20H22N2O4S. The molecule has 0 aliphatic heterocycles. The molecule has 1 aromatic heterocycles. The van der Waals surface area contributed by atoms with Gasteiger partial charge in [0.25, 0.3) is 11.8 Å². The molecule has 1 heterocycles. The molecule has 0 aliphatic rings. The van der Waals surface area contributed by atoms with Gasteiger partial charge in [-0.3, -0.25) is 9.59 Å². The lowest BCUT2D eigenvalue weighted by Crippen LogP contribution is -2.35. The van der Waals surface area contributed by atoms with Gasteiger partial charge in [0.05, 0.1) is 10.4 Å². The zero-order valence-corrected chi connectivity index (χ0v) is 16.2. The molecule has 2 amide bonds. The molecule has 0 saturated carbocycles. The van der Waals surface area contributed by atoms with Gasteiger partial charge < -0.3 is 15.0 Å². The summed E-state index contributed by atoms with van der Waals surface area (Å²) in [6.45, 7) is 8.10. The van der Waals surface area contributed by atoms with Gasteiger partial charge in [-0.05, 0) is 49.6 Å². The minimum absolute atomic E-state index is 0.205. The van der Waals surface area contributed by atoms with Gasteiger partial charge in [-0.2, -0.15) is 0 Å². The quantitative estimate of drug-likeness (QED) is 0.556. The van der Waals surface area contributed by atoms with Crippen molar-refractivity contribution in [2.45, 2.75) is 13.8 Å². The molecule has 0 spiro atoms. The first kappa shape index (κ1) is 20.4. The number of carbonyl (C=O) groups is 3. The van der Waals surface area contributed by atoms with Crippen molar-refractivity contribution < 1.29 is 19.1 Å². The van der Waals surface area contributed by atoms with E-state index in [9.17, 15) is 14.4 Å². The predicted octanol–water partition coefficient (Wildman–Crippen LogP) is 3.58. The SMILES string of the molecule is C=C(C)CN(CC)C(=O)COC(=O)c1ccc(NC(=O)c2cccs2)cc1. The number of nitrogens with zero attached hydrogens (tertiary/aromatic N) is 1. The molecule has 6 nitrogen and oxygen atoms in total. The second kappa shape index (κ2) is 9.68. The fourth-order valence-corrected chi connectivity index (χ4v) is 2.91. The van der Waals surface area contributed by atoms with E-state index < -0.39 is 5.97 Å². The highest BCUT2D eigenvalue weighted by atomic mass is 32.1. The summed E-state index contributed by atoms with van der Waals surface area (Å²) in [5, 5.41) is 4.58. The summed E-state index contributed by atoms with van der Waals surface area (Å²) in [5.41, 5.74) is 1.73. The normalized spacial score (nSPS) is 10.1. The Labute approximate surface area is 162 Å². The Balaban J connectivity index is 1.88. The van der Waals surface area contributed by atoms with Crippen molar-refractivity contribution in [3.05, 3.63) is 64.4 Å². The van der Waals surface area contributed by atoms with Gasteiger partial charge in [-0.25, -0.2) is 4.79 Å². The third-order valence-electron chi connectivity index (χ3n) is 3.65. The highest BCUT2D eigenvalue weighted by Gasteiger charge is 2.15. The van der Waals surface area contributed by atoms with Gasteiger partial charge in [-0.15, -0.1) is 11.3 Å². The second-order valence-corrected chi connectivity index (χ2v) is 6.90. The highest BCUT2D eigenvalue weighted by Crippen LogP contribution is 2.14. The van der Waals surface area contributed by atoms with E-state index in [0.29, 0.717) is 29.2 Å². The molecule has 0 saturated heterocycles. The number of thiophene rings is 1. The van der Waals surface area contributed by atoms with Gasteiger partial charge in [0.1, 0.15) is 0 Å². The summed E-state index contributed by atoms with van der Waals surface area (Å²) in [6, 6.07) is 9.85. The van der Waals surface area contributed by atoms with Crippen LogP contribution in [0.15, 0.2) is 53.9 Å². The van der Waals surface area contributed by atoms with Crippen LogP contribution in [0.5, 0.6) is 0 Å². The van der Waals surface area contributed by atoms with Gasteiger partial charge in [0, 0.05) is 18.8 Å². The van der Waals surface area contributed by atoms with E-state index in [1.165, 1.54) is 11.3 Å². The van der Waals surface area contributed by atoms with Crippen molar-refractivity contribution in [2.24, 2.45) is 0 Å². The number of anilines is 1. The smallest absolute Gasteiger partial charge is 0.338 e. The van der Waals surface area contributed by atoms with Crippen molar-refractivity contribution in [3.63, 3.8) is 0 Å². The van der Waals surface area contributed by atoms with Crippen LogP contribution in [-0.4, -0.2) is 42.4 Å². The number of nitrogens with one attached hydrogen (secondary N) is 1. The molecule has 1 aromatic carbocycles. The molecule has 2 rings (SSSR count). The number of hydrogen-bond acceptors (Lipinski definition) is 5. The fourth-order valence-electron chi connectivity index (χ4n) is 2.29. The van der Waals surface area contributed by atoms with E-state index in [0.717, 1.165) is 5.57 Å². The maximum atomic E-state index is 12.1. The molecule has 0 atom stereocenters. The first-order valence-corrected chi connectivity index (χ1v) is 9.33. The van der Waals surface area contributed by atoms with Crippen molar-refractivity contribution in [3.8, 4) is 0 Å². The third-order valence-corrected chi connectivity index (χ3v) is 4.51. The van der Waals surface area contributed by atoms with Gasteiger partial charge in [0.15, 0.2) is 6.61 Å². The summed E-state index contributed by atoms with van der Waals surface area (Å²) in [5.74, 6) is -1.07. The first-order valence-electron chi connectivity index (χ1n) is 8.45. The van der Waals surface area contributed by atoms with E-state index in [1.54, 1.807) is 41.3 Å². The van der Waals surface area contributed by atoms with Crippen LogP contribution < -0.4 is 5.32 Å². The number of rotatable bonds is 8. The molecular weight excluding hydrogens is 364 g/mol. The van der Waals surface area contributed by atoms with Crippen LogP contribution in [0.25, 0.3) is 0 Å². The van der Waals surface area contributed by atoms with Crippen LogP contribution in [0.2, 0.25) is 0 Å². The van der Waals surface area contributed by atoms with E-state index in [2.05, 4.69) is 11.9 Å². The Hall–Kier alpha value is -2.93. The maximum absolute atomic E-state index is 12.1. The molecule has 27 heavy (non-hydrogen) atoms. The first-order chi connectivity index (χ1) is 12.9. The standard InChI is InChI=1S/C20H22N2O4S/c1-4-22(12-14(2)3)18(23)13-26-20(25)15-7-9-16(10-8-15)21-19(24)17-6-5-11-27-17/h5-11H,2,4,12-13H2,1,3H3,(H,21,24). The monoisotopic (exact) mass is 386 g/mol. The summed E-state index contributed by atoms with van der Waals surface area (Å²) in [6.07, 6.45) is 0. The van der Waals surface area contributed by atoms with E-state index in [4.69, 9.17) is 4.74 Å². The van der Waals surface area contributed by atoms with Crippen LogP contribution in [0.1, 0.15) is 33.9 Å². The zero-order valence-electron chi connectivity index (χ0n) is 15.4. The number of carbonyl (C=O) groups excluding carboxylic acids is 3. The van der Waals surface area contributed by atoms with Gasteiger partial charge in [0.2, 0.25) is 0 Å². The highest BCUT2D eigenvalue weighted by molar-refractivity contribution is 7.12. The van der Waals surface area contributed by atoms with Gasteiger partial charge in [-0.1, -0.05) is 18.2 Å². The van der Waals surface area contributed by atoms with Crippen molar-refractivity contribution in [1.82, 2.24) is 4.90 Å². The Morgan fingerprint density at radius 3 is 2.44 bits per heavy atom. The average Bonchev–Trinajstić information content (AvgIpc) is 3.19. The Morgan fingerprint density at radius 1 is 1.19 bits per heavy atom. The third kappa shape index (κ3) is 6.07. The number of hydrogen-bond donors (Lipinski definition) is 1. The Bertz CT molecular complexity index is 813. The number of amides is 2. The molecule has 0 unspecified atom stereocenters. The Morgan fingerprint density at radius 2 is 1.89 bits per heavy atom. The Kier molecular flexibility index (Phi) is 7.31. The average molecular weight is 386 g/mol. The minimum atomic E-state index is -0.592. The summed E-state index contributed by atoms with van der Waals surface area (Å²) in [7, 11) is 0. The summed E-state index contributed by atoms with van der Waals surface area (Å²) in [4.78, 5) is 38.4.